The van der Waals surface area contributed by atoms with Gasteiger partial charge < -0.3 is 10.7 Å². The van der Waals surface area contributed by atoms with Crippen molar-refractivity contribution < 1.29 is 30.8 Å². The Hall–Kier alpha value is -3.02. The predicted octanol–water partition coefficient (Wildman–Crippen LogP) is 4.20. The van der Waals surface area contributed by atoms with Crippen molar-refractivity contribution >= 4 is 27.3 Å². The highest BCUT2D eigenvalue weighted by Gasteiger charge is 2.33. The van der Waals surface area contributed by atoms with Gasteiger partial charge in [-0.3, -0.25) is 9.52 Å². The van der Waals surface area contributed by atoms with E-state index in [2.05, 4.69) is 10.3 Å². The lowest BCUT2D eigenvalue weighted by Crippen LogP contribution is -2.29. The molecule has 33 heavy (non-hydrogen) atoms. The van der Waals surface area contributed by atoms with Crippen LogP contribution in [0.4, 0.5) is 23.2 Å². The molecule has 0 bridgehead atoms. The number of halogens is 4. The van der Waals surface area contributed by atoms with Gasteiger partial charge in [0.05, 0.1) is 29.3 Å². The molecule has 0 aliphatic carbocycles. The van der Waals surface area contributed by atoms with E-state index in [-0.39, 0.29) is 41.2 Å². The Morgan fingerprint density at radius 1 is 1.21 bits per heavy atom. The third kappa shape index (κ3) is 7.24. The van der Waals surface area contributed by atoms with Crippen molar-refractivity contribution in [3.63, 3.8) is 0 Å². The monoisotopic (exact) mass is 488 g/mol. The molecule has 0 fully saturated rings. The third-order valence-corrected chi connectivity index (χ3v) is 5.28. The Labute approximate surface area is 189 Å². The van der Waals surface area contributed by atoms with E-state index in [0.29, 0.717) is 6.42 Å². The molecule has 1 aromatic carbocycles. The van der Waals surface area contributed by atoms with Crippen LogP contribution in [0, 0.1) is 11.2 Å². The zero-order valence-electron chi connectivity index (χ0n) is 18.2. The van der Waals surface area contributed by atoms with Gasteiger partial charge in [-0.05, 0) is 42.7 Å². The van der Waals surface area contributed by atoms with Crippen molar-refractivity contribution in [3.05, 3.63) is 58.7 Å². The number of sulfonamides is 1. The molecule has 0 spiro atoms. The quantitative estimate of drug-likeness (QED) is 0.363. The van der Waals surface area contributed by atoms with Crippen LogP contribution < -0.4 is 10.0 Å². The topological polar surface area (TPSA) is 112 Å². The van der Waals surface area contributed by atoms with Crippen LogP contribution in [0.3, 0.4) is 0 Å². The van der Waals surface area contributed by atoms with Crippen LogP contribution in [-0.2, 0) is 27.5 Å². The summed E-state index contributed by atoms with van der Waals surface area (Å²) in [6, 6.07) is 5.57. The highest BCUT2D eigenvalue weighted by atomic mass is 32.2. The van der Waals surface area contributed by atoms with Crippen LogP contribution in [0.5, 0.6) is 0 Å². The molecule has 1 heterocycles. The molecule has 1 aromatic heterocycles. The first kappa shape index (κ1) is 26.2. The number of hydrogen-bond acceptors (Lipinski definition) is 5. The number of aromatic nitrogens is 1. The fourth-order valence-electron chi connectivity index (χ4n) is 2.99. The number of carbonyl (C=O) groups is 1. The number of hydrogen-bond donors (Lipinski definition) is 3. The SMILES string of the molecule is CCCC(=N)c1nc(C(F)(F)F)ccc1CNC(=O)C(C)c1ccc(NS(C)(=O)=O)c(F)c1. The summed E-state index contributed by atoms with van der Waals surface area (Å²) in [6.45, 7) is 3.10. The molecule has 0 aliphatic rings. The zero-order valence-corrected chi connectivity index (χ0v) is 19.0. The van der Waals surface area contributed by atoms with Gasteiger partial charge in [0.15, 0.2) is 0 Å². The first-order valence-corrected chi connectivity index (χ1v) is 11.8. The number of pyridine rings is 1. The van der Waals surface area contributed by atoms with Crippen molar-refractivity contribution in [3.8, 4) is 0 Å². The van der Waals surface area contributed by atoms with E-state index in [1.54, 1.807) is 6.92 Å². The number of carbonyl (C=O) groups excluding carboxylic acids is 1. The van der Waals surface area contributed by atoms with E-state index in [0.717, 1.165) is 18.4 Å². The zero-order chi connectivity index (χ0) is 25.0. The Morgan fingerprint density at radius 3 is 2.42 bits per heavy atom. The van der Waals surface area contributed by atoms with Crippen LogP contribution >= 0.6 is 0 Å². The third-order valence-electron chi connectivity index (χ3n) is 4.69. The summed E-state index contributed by atoms with van der Waals surface area (Å²) in [4.78, 5) is 16.2. The molecule has 180 valence electrons. The number of benzene rings is 1. The molecular formula is C21H24F4N4O3S. The van der Waals surface area contributed by atoms with Crippen molar-refractivity contribution in [1.29, 1.82) is 5.41 Å². The van der Waals surface area contributed by atoms with Crippen molar-refractivity contribution in [2.24, 2.45) is 0 Å². The standard InChI is InChI=1S/C21H24F4N4O3S/c1-4-5-16(26)19-14(7-9-18(28-19)21(23,24)25)11-27-20(30)12(2)13-6-8-17(15(22)10-13)29-33(3,31)32/h6-10,12,26,29H,4-5,11H2,1-3H3,(H,27,30). The maximum atomic E-state index is 14.2. The molecule has 7 nitrogen and oxygen atoms in total. The average Bonchev–Trinajstić information content (AvgIpc) is 2.71. The fourth-order valence-corrected chi connectivity index (χ4v) is 3.55. The van der Waals surface area contributed by atoms with Crippen molar-refractivity contribution in [2.45, 2.75) is 45.3 Å². The van der Waals surface area contributed by atoms with E-state index >= 15 is 0 Å². The first-order valence-electron chi connectivity index (χ1n) is 9.92. The lowest BCUT2D eigenvalue weighted by atomic mass is 9.99. The molecular weight excluding hydrogens is 464 g/mol. The van der Waals surface area contributed by atoms with Crippen LogP contribution in [0.1, 0.15) is 55.1 Å². The molecule has 1 unspecified atom stereocenters. The first-order chi connectivity index (χ1) is 15.2. The Bertz CT molecular complexity index is 1150. The number of nitrogens with one attached hydrogen (secondary N) is 3. The normalized spacial score (nSPS) is 12.8. The highest BCUT2D eigenvalue weighted by Crippen LogP contribution is 2.29. The van der Waals surface area contributed by atoms with Gasteiger partial charge in [-0.15, -0.1) is 0 Å². The van der Waals surface area contributed by atoms with E-state index in [1.165, 1.54) is 25.1 Å². The number of nitrogens with zero attached hydrogens (tertiary/aromatic N) is 1. The predicted molar refractivity (Wildman–Crippen MR) is 116 cm³/mol. The van der Waals surface area contributed by atoms with Crippen molar-refractivity contribution in [1.82, 2.24) is 10.3 Å². The van der Waals surface area contributed by atoms with Crippen LogP contribution in [0.15, 0.2) is 30.3 Å². The van der Waals surface area contributed by atoms with E-state index in [9.17, 15) is 30.8 Å². The number of alkyl halides is 3. The van der Waals surface area contributed by atoms with Gasteiger partial charge in [-0.2, -0.15) is 13.2 Å². The van der Waals surface area contributed by atoms with Crippen LogP contribution in [0.25, 0.3) is 0 Å². The Kier molecular flexibility index (Phi) is 8.17. The minimum absolute atomic E-state index is 0.0723. The maximum absolute atomic E-state index is 14.2. The van der Waals surface area contributed by atoms with Gasteiger partial charge in [0, 0.05) is 6.54 Å². The van der Waals surface area contributed by atoms with Gasteiger partial charge in [0.1, 0.15) is 11.5 Å². The summed E-state index contributed by atoms with van der Waals surface area (Å²) < 4.78 is 77.9. The van der Waals surface area contributed by atoms with E-state index < -0.39 is 39.5 Å². The lowest BCUT2D eigenvalue weighted by Gasteiger charge is -2.16. The number of amides is 1. The van der Waals surface area contributed by atoms with Gasteiger partial charge >= 0.3 is 6.18 Å². The summed E-state index contributed by atoms with van der Waals surface area (Å²) in [6.07, 6.45) is -3.03. The maximum Gasteiger partial charge on any atom is 0.433 e. The fraction of sp³-hybridized carbons (Fsp3) is 0.381. The summed E-state index contributed by atoms with van der Waals surface area (Å²) in [5, 5.41) is 10.6. The molecule has 1 amide bonds. The smallest absolute Gasteiger partial charge is 0.351 e. The van der Waals surface area contributed by atoms with Crippen LogP contribution in [-0.4, -0.2) is 31.3 Å². The second-order valence-electron chi connectivity index (χ2n) is 7.48. The summed E-state index contributed by atoms with van der Waals surface area (Å²) in [7, 11) is -3.68. The molecule has 12 heteroatoms. The molecule has 0 aliphatic heterocycles. The van der Waals surface area contributed by atoms with Gasteiger partial charge in [-0.25, -0.2) is 17.8 Å². The number of anilines is 1. The minimum Gasteiger partial charge on any atom is -0.351 e. The molecule has 1 atom stereocenters. The van der Waals surface area contributed by atoms with Gasteiger partial charge in [0.2, 0.25) is 15.9 Å². The number of rotatable bonds is 9. The Balaban J connectivity index is 2.19. The second kappa shape index (κ2) is 10.3. The van der Waals surface area contributed by atoms with E-state index in [1.807, 2.05) is 4.72 Å². The Morgan fingerprint density at radius 2 is 1.88 bits per heavy atom. The van der Waals surface area contributed by atoms with Gasteiger partial charge in [0.25, 0.3) is 0 Å². The lowest BCUT2D eigenvalue weighted by molar-refractivity contribution is -0.141. The molecule has 0 radical (unpaired) electrons. The summed E-state index contributed by atoms with van der Waals surface area (Å²) >= 11 is 0. The minimum atomic E-state index is -4.67. The summed E-state index contributed by atoms with van der Waals surface area (Å²) in [5.41, 5.74) is -1.07. The van der Waals surface area contributed by atoms with E-state index in [4.69, 9.17) is 5.41 Å². The van der Waals surface area contributed by atoms with Crippen molar-refractivity contribution in [2.75, 3.05) is 11.0 Å². The summed E-state index contributed by atoms with van der Waals surface area (Å²) in [5.74, 6) is -2.24. The van der Waals surface area contributed by atoms with Gasteiger partial charge in [-0.1, -0.05) is 25.5 Å². The molecule has 3 N–H and O–H groups in total. The molecule has 2 rings (SSSR count). The molecule has 0 saturated carbocycles. The largest absolute Gasteiger partial charge is 0.433 e. The second-order valence-corrected chi connectivity index (χ2v) is 9.23. The highest BCUT2D eigenvalue weighted by molar-refractivity contribution is 7.92. The molecule has 0 saturated heterocycles. The van der Waals surface area contributed by atoms with Crippen LogP contribution in [0.2, 0.25) is 0 Å². The molecule has 2 aromatic rings. The average molecular weight is 489 g/mol.